The molecule has 0 N–H and O–H groups in total. The first kappa shape index (κ1) is 12.1. The van der Waals surface area contributed by atoms with Crippen molar-refractivity contribution in [2.45, 2.75) is 84.0 Å². The maximum Gasteiger partial charge on any atom is -0.0443 e. The highest BCUT2D eigenvalue weighted by Crippen LogP contribution is 2.19. The summed E-state index contributed by atoms with van der Waals surface area (Å²) in [5.41, 5.74) is 0. The van der Waals surface area contributed by atoms with Crippen LogP contribution in [0.25, 0.3) is 0 Å². The molecule has 0 saturated heterocycles. The third kappa shape index (κ3) is 6.45. The molecule has 0 atom stereocenters. The van der Waals surface area contributed by atoms with Crippen molar-refractivity contribution in [2.75, 3.05) is 0 Å². The molecule has 0 unspecified atom stereocenters. The Bertz CT molecular complexity index is 103. The second-order valence-electron chi connectivity index (χ2n) is 5.22. The lowest BCUT2D eigenvalue weighted by Crippen LogP contribution is -1.94. The smallest absolute Gasteiger partial charge is 0.0443 e. The SMILES string of the molecule is CC1CCCCCCCCCCCC1. The van der Waals surface area contributed by atoms with E-state index in [2.05, 4.69) is 6.92 Å². The Balaban J connectivity index is 2.12. The molecule has 0 nitrogen and oxygen atoms in total. The summed E-state index contributed by atoms with van der Waals surface area (Å²) in [4.78, 5) is 0. The van der Waals surface area contributed by atoms with Crippen LogP contribution in [0.5, 0.6) is 0 Å². The molecular formula is C14H28. The summed E-state index contributed by atoms with van der Waals surface area (Å²) < 4.78 is 0. The van der Waals surface area contributed by atoms with Crippen LogP contribution in [0.2, 0.25) is 0 Å². The maximum absolute atomic E-state index is 2.44. The molecular weight excluding hydrogens is 168 g/mol. The predicted molar refractivity (Wildman–Crippen MR) is 64.6 cm³/mol. The minimum atomic E-state index is 0.996. The zero-order valence-electron chi connectivity index (χ0n) is 10.1. The van der Waals surface area contributed by atoms with Crippen molar-refractivity contribution >= 4 is 0 Å². The van der Waals surface area contributed by atoms with Gasteiger partial charge in [-0.3, -0.25) is 0 Å². The summed E-state index contributed by atoms with van der Waals surface area (Å²) in [7, 11) is 0. The van der Waals surface area contributed by atoms with Gasteiger partial charge in [-0.15, -0.1) is 0 Å². The molecule has 0 aromatic carbocycles. The van der Waals surface area contributed by atoms with Crippen LogP contribution in [0.1, 0.15) is 84.0 Å². The Morgan fingerprint density at radius 1 is 0.500 bits per heavy atom. The van der Waals surface area contributed by atoms with Crippen molar-refractivity contribution in [3.8, 4) is 0 Å². The quantitative estimate of drug-likeness (QED) is 0.492. The van der Waals surface area contributed by atoms with E-state index in [0.717, 1.165) is 5.92 Å². The average Bonchev–Trinajstić information content (AvgIpc) is 2.20. The largest absolute Gasteiger partial charge is 0.0625 e. The molecule has 1 saturated carbocycles. The normalized spacial score (nSPS) is 24.6. The number of rotatable bonds is 0. The summed E-state index contributed by atoms with van der Waals surface area (Å²) >= 11 is 0. The van der Waals surface area contributed by atoms with Gasteiger partial charge in [0, 0.05) is 0 Å². The van der Waals surface area contributed by atoms with Crippen LogP contribution in [-0.2, 0) is 0 Å². The molecule has 0 heteroatoms. The molecule has 0 spiro atoms. The summed E-state index contributed by atoms with van der Waals surface area (Å²) in [5, 5.41) is 0. The summed E-state index contributed by atoms with van der Waals surface area (Å²) in [6.07, 6.45) is 17.9. The fourth-order valence-electron chi connectivity index (χ4n) is 2.54. The van der Waals surface area contributed by atoms with Crippen LogP contribution in [0.3, 0.4) is 0 Å². The van der Waals surface area contributed by atoms with Gasteiger partial charge in [0.05, 0.1) is 0 Å². The molecule has 1 fully saturated rings. The van der Waals surface area contributed by atoms with Gasteiger partial charge in [0.1, 0.15) is 0 Å². The molecule has 0 radical (unpaired) electrons. The predicted octanol–water partition coefficient (Wildman–Crippen LogP) is 5.32. The highest BCUT2D eigenvalue weighted by molar-refractivity contribution is 4.57. The van der Waals surface area contributed by atoms with Crippen molar-refractivity contribution in [1.82, 2.24) is 0 Å². The zero-order valence-corrected chi connectivity index (χ0v) is 10.1. The van der Waals surface area contributed by atoms with E-state index in [-0.39, 0.29) is 0 Å². The molecule has 0 aromatic rings. The van der Waals surface area contributed by atoms with E-state index in [0.29, 0.717) is 0 Å². The number of hydrogen-bond acceptors (Lipinski definition) is 0. The van der Waals surface area contributed by atoms with Crippen LogP contribution in [0.15, 0.2) is 0 Å². The van der Waals surface area contributed by atoms with Gasteiger partial charge < -0.3 is 0 Å². The van der Waals surface area contributed by atoms with Crippen molar-refractivity contribution in [3.05, 3.63) is 0 Å². The Hall–Kier alpha value is 0. The fraction of sp³-hybridized carbons (Fsp3) is 1.00. The highest BCUT2D eigenvalue weighted by Gasteiger charge is 2.02. The highest BCUT2D eigenvalue weighted by atomic mass is 14.1. The summed E-state index contributed by atoms with van der Waals surface area (Å²) in [5.74, 6) is 0.996. The minimum Gasteiger partial charge on any atom is -0.0625 e. The molecule has 0 bridgehead atoms. The van der Waals surface area contributed by atoms with Crippen LogP contribution in [0, 0.1) is 5.92 Å². The molecule has 0 aromatic heterocycles. The van der Waals surface area contributed by atoms with E-state index in [9.17, 15) is 0 Å². The second kappa shape index (κ2) is 8.32. The average molecular weight is 196 g/mol. The molecule has 0 aliphatic heterocycles. The molecule has 1 aliphatic rings. The lowest BCUT2D eigenvalue weighted by atomic mass is 9.97. The van der Waals surface area contributed by atoms with E-state index in [1.807, 2.05) is 0 Å². The molecule has 84 valence electrons. The van der Waals surface area contributed by atoms with Gasteiger partial charge in [0.25, 0.3) is 0 Å². The first-order chi connectivity index (χ1) is 6.89. The van der Waals surface area contributed by atoms with Crippen molar-refractivity contribution < 1.29 is 0 Å². The summed E-state index contributed by atoms with van der Waals surface area (Å²) in [6, 6.07) is 0. The van der Waals surface area contributed by atoms with Gasteiger partial charge in [0.2, 0.25) is 0 Å². The van der Waals surface area contributed by atoms with Crippen molar-refractivity contribution in [1.29, 1.82) is 0 Å². The molecule has 1 aliphatic carbocycles. The molecule has 0 heterocycles. The third-order valence-corrected chi connectivity index (χ3v) is 3.64. The van der Waals surface area contributed by atoms with Crippen molar-refractivity contribution in [2.24, 2.45) is 5.92 Å². The minimum absolute atomic E-state index is 0.996. The third-order valence-electron chi connectivity index (χ3n) is 3.64. The van der Waals surface area contributed by atoms with E-state index in [1.54, 1.807) is 0 Å². The second-order valence-corrected chi connectivity index (χ2v) is 5.22. The monoisotopic (exact) mass is 196 g/mol. The van der Waals surface area contributed by atoms with Gasteiger partial charge in [0.15, 0.2) is 0 Å². The van der Waals surface area contributed by atoms with E-state index >= 15 is 0 Å². The van der Waals surface area contributed by atoms with Gasteiger partial charge >= 0.3 is 0 Å². The number of hydrogen-bond donors (Lipinski definition) is 0. The molecule has 14 heavy (non-hydrogen) atoms. The first-order valence-electron chi connectivity index (χ1n) is 6.89. The van der Waals surface area contributed by atoms with Crippen LogP contribution < -0.4 is 0 Å². The molecule has 1 rings (SSSR count). The molecule has 0 amide bonds. The Kier molecular flexibility index (Phi) is 7.17. The zero-order chi connectivity index (χ0) is 10.1. The summed E-state index contributed by atoms with van der Waals surface area (Å²) in [6.45, 7) is 2.44. The van der Waals surface area contributed by atoms with E-state index in [4.69, 9.17) is 0 Å². The van der Waals surface area contributed by atoms with Gasteiger partial charge in [-0.2, -0.15) is 0 Å². The van der Waals surface area contributed by atoms with Gasteiger partial charge in [-0.25, -0.2) is 0 Å². The van der Waals surface area contributed by atoms with Gasteiger partial charge in [-0.1, -0.05) is 84.0 Å². The van der Waals surface area contributed by atoms with Crippen LogP contribution in [0.4, 0.5) is 0 Å². The lowest BCUT2D eigenvalue weighted by Gasteiger charge is -2.10. The van der Waals surface area contributed by atoms with E-state index in [1.165, 1.54) is 77.0 Å². The van der Waals surface area contributed by atoms with Crippen LogP contribution in [-0.4, -0.2) is 0 Å². The van der Waals surface area contributed by atoms with E-state index < -0.39 is 0 Å². The maximum atomic E-state index is 2.44. The standard InChI is InChI=1S/C14H28/c1-14-12-10-8-6-4-2-3-5-7-9-11-13-14/h14H,2-13H2,1H3. The first-order valence-corrected chi connectivity index (χ1v) is 6.89. The Labute approximate surface area is 90.5 Å². The Morgan fingerprint density at radius 2 is 0.786 bits per heavy atom. The van der Waals surface area contributed by atoms with Gasteiger partial charge in [-0.05, 0) is 5.92 Å². The van der Waals surface area contributed by atoms with Crippen molar-refractivity contribution in [3.63, 3.8) is 0 Å². The Morgan fingerprint density at radius 3 is 1.14 bits per heavy atom. The lowest BCUT2D eigenvalue weighted by molar-refractivity contribution is 0.439. The van der Waals surface area contributed by atoms with Crippen LogP contribution >= 0.6 is 0 Å². The topological polar surface area (TPSA) is 0 Å². The fourth-order valence-corrected chi connectivity index (χ4v) is 2.54.